The maximum absolute atomic E-state index is 8.81. The highest BCUT2D eigenvalue weighted by Crippen LogP contribution is 2.21. The molecule has 0 bridgehead atoms. The molecule has 0 aromatic heterocycles. The Kier molecular flexibility index (Phi) is 6.02. The van der Waals surface area contributed by atoms with Gasteiger partial charge in [0.25, 0.3) is 0 Å². The average Bonchev–Trinajstić information content (AvgIpc) is 2.59. The van der Waals surface area contributed by atoms with Gasteiger partial charge in [-0.3, -0.25) is 4.99 Å². The van der Waals surface area contributed by atoms with Crippen LogP contribution in [0.1, 0.15) is 29.7 Å². The highest BCUT2D eigenvalue weighted by Gasteiger charge is 2.10. The van der Waals surface area contributed by atoms with Gasteiger partial charge < -0.3 is 10.6 Å². The molecule has 2 rings (SSSR count). The van der Waals surface area contributed by atoms with Gasteiger partial charge in [0.05, 0.1) is 17.7 Å². The maximum Gasteiger partial charge on any atom is 0.191 e. The number of benzene rings is 2. The summed E-state index contributed by atoms with van der Waals surface area (Å²) in [6, 6.07) is 17.4. The zero-order valence-electron chi connectivity index (χ0n) is 13.2. The second kappa shape index (κ2) is 8.21. The van der Waals surface area contributed by atoms with Crippen molar-refractivity contribution in [2.24, 2.45) is 4.99 Å². The van der Waals surface area contributed by atoms with Crippen molar-refractivity contribution in [3.05, 3.63) is 70.2 Å². The summed E-state index contributed by atoms with van der Waals surface area (Å²) < 4.78 is 0. The van der Waals surface area contributed by atoms with Crippen molar-refractivity contribution in [1.82, 2.24) is 10.6 Å². The van der Waals surface area contributed by atoms with Crippen LogP contribution in [0, 0.1) is 11.3 Å². The zero-order chi connectivity index (χ0) is 16.7. The van der Waals surface area contributed by atoms with Crippen molar-refractivity contribution in [3.8, 4) is 6.07 Å². The Bertz CT molecular complexity index is 717. The molecule has 0 amide bonds. The van der Waals surface area contributed by atoms with Crippen LogP contribution in [0.25, 0.3) is 0 Å². The van der Waals surface area contributed by atoms with E-state index in [4.69, 9.17) is 16.9 Å². The first-order chi connectivity index (χ1) is 11.1. The van der Waals surface area contributed by atoms with E-state index in [1.54, 1.807) is 19.2 Å². The van der Waals surface area contributed by atoms with Gasteiger partial charge in [0.2, 0.25) is 0 Å². The molecule has 0 saturated heterocycles. The smallest absolute Gasteiger partial charge is 0.191 e. The van der Waals surface area contributed by atoms with Gasteiger partial charge in [-0.05, 0) is 36.2 Å². The molecule has 2 aromatic carbocycles. The summed E-state index contributed by atoms with van der Waals surface area (Å²) in [5.41, 5.74) is 2.76. The Morgan fingerprint density at radius 3 is 2.52 bits per heavy atom. The lowest BCUT2D eigenvalue weighted by atomic mass is 10.1. The third kappa shape index (κ3) is 4.73. The van der Waals surface area contributed by atoms with Gasteiger partial charge in [0.1, 0.15) is 0 Å². The van der Waals surface area contributed by atoms with E-state index in [0.29, 0.717) is 18.1 Å². The molecule has 0 aliphatic heterocycles. The van der Waals surface area contributed by atoms with Crippen molar-refractivity contribution in [1.29, 1.82) is 5.26 Å². The van der Waals surface area contributed by atoms with E-state index in [0.717, 1.165) is 16.1 Å². The lowest BCUT2D eigenvalue weighted by Gasteiger charge is -2.19. The van der Waals surface area contributed by atoms with Gasteiger partial charge in [-0.15, -0.1) is 0 Å². The summed E-state index contributed by atoms with van der Waals surface area (Å²) in [4.78, 5) is 4.23. The molecule has 5 heteroatoms. The summed E-state index contributed by atoms with van der Waals surface area (Å²) >= 11 is 6.22. The molecular weight excluding hydrogens is 308 g/mol. The number of nitrogens with one attached hydrogen (secondary N) is 2. The zero-order valence-corrected chi connectivity index (χ0v) is 13.9. The number of guanidine groups is 1. The molecule has 0 aliphatic carbocycles. The second-order valence-electron chi connectivity index (χ2n) is 5.12. The van der Waals surface area contributed by atoms with Gasteiger partial charge in [-0.1, -0.05) is 41.9 Å². The first kappa shape index (κ1) is 16.9. The highest BCUT2D eigenvalue weighted by molar-refractivity contribution is 6.31. The lowest BCUT2D eigenvalue weighted by molar-refractivity contribution is 0.685. The van der Waals surface area contributed by atoms with Gasteiger partial charge in [-0.25, -0.2) is 0 Å². The van der Waals surface area contributed by atoms with Crippen LogP contribution in [0.5, 0.6) is 0 Å². The summed E-state index contributed by atoms with van der Waals surface area (Å²) in [5.74, 6) is 0.696. The molecule has 23 heavy (non-hydrogen) atoms. The van der Waals surface area contributed by atoms with E-state index >= 15 is 0 Å². The number of rotatable bonds is 4. The van der Waals surface area contributed by atoms with Crippen LogP contribution in [0.4, 0.5) is 0 Å². The Balaban J connectivity index is 1.95. The van der Waals surface area contributed by atoms with E-state index in [2.05, 4.69) is 21.7 Å². The largest absolute Gasteiger partial charge is 0.352 e. The molecular formula is C18H19ClN4. The number of nitrogens with zero attached hydrogens (tertiary/aromatic N) is 2. The minimum atomic E-state index is 0.0378. The molecule has 4 nitrogen and oxygen atoms in total. The van der Waals surface area contributed by atoms with Crippen LogP contribution in [0.15, 0.2) is 53.5 Å². The van der Waals surface area contributed by atoms with Crippen LogP contribution in [0.3, 0.4) is 0 Å². The topological polar surface area (TPSA) is 60.2 Å². The Morgan fingerprint density at radius 1 is 1.22 bits per heavy atom. The molecule has 2 aromatic rings. The number of halogens is 1. The molecule has 1 atom stereocenters. The van der Waals surface area contributed by atoms with Crippen molar-refractivity contribution < 1.29 is 0 Å². The van der Waals surface area contributed by atoms with Crippen LogP contribution in [0.2, 0.25) is 5.02 Å². The normalized spacial score (nSPS) is 12.3. The molecule has 0 aliphatic rings. The molecule has 1 unspecified atom stereocenters. The summed E-state index contributed by atoms with van der Waals surface area (Å²) in [6.45, 7) is 2.66. The number of hydrogen-bond donors (Lipinski definition) is 2. The number of hydrogen-bond acceptors (Lipinski definition) is 2. The van der Waals surface area contributed by atoms with Gasteiger partial charge in [0, 0.05) is 18.6 Å². The van der Waals surface area contributed by atoms with Crippen LogP contribution >= 0.6 is 11.6 Å². The quantitative estimate of drug-likeness (QED) is 0.666. The van der Waals surface area contributed by atoms with Gasteiger partial charge in [0.15, 0.2) is 5.96 Å². The Labute approximate surface area is 141 Å². The third-order valence-electron chi connectivity index (χ3n) is 3.49. The van der Waals surface area contributed by atoms with E-state index in [1.807, 2.05) is 43.3 Å². The predicted molar refractivity (Wildman–Crippen MR) is 94.4 cm³/mol. The van der Waals surface area contributed by atoms with Gasteiger partial charge >= 0.3 is 0 Å². The molecule has 0 radical (unpaired) electrons. The van der Waals surface area contributed by atoms with E-state index in [9.17, 15) is 0 Å². The number of nitriles is 1. The average molecular weight is 327 g/mol. The van der Waals surface area contributed by atoms with Crippen molar-refractivity contribution in [3.63, 3.8) is 0 Å². The van der Waals surface area contributed by atoms with E-state index in [1.165, 1.54) is 0 Å². The van der Waals surface area contributed by atoms with Crippen molar-refractivity contribution in [2.45, 2.75) is 19.5 Å². The summed E-state index contributed by atoms with van der Waals surface area (Å²) in [6.07, 6.45) is 0. The van der Waals surface area contributed by atoms with Crippen LogP contribution in [-0.4, -0.2) is 13.0 Å². The molecule has 0 fully saturated rings. The molecule has 2 N–H and O–H groups in total. The standard InChI is InChI=1S/C18H19ClN4/c1-13(16-5-3-4-6-17(16)19)23-18(21-2)22-12-15-9-7-14(11-20)8-10-15/h3-10,13H,12H2,1-2H3,(H2,21,22,23). The van der Waals surface area contributed by atoms with Crippen molar-refractivity contribution in [2.75, 3.05) is 7.05 Å². The first-order valence-electron chi connectivity index (χ1n) is 7.34. The second-order valence-corrected chi connectivity index (χ2v) is 5.53. The molecule has 118 valence electrons. The Hall–Kier alpha value is -2.51. The molecule has 0 saturated carbocycles. The third-order valence-corrected chi connectivity index (χ3v) is 3.84. The first-order valence-corrected chi connectivity index (χ1v) is 7.72. The highest BCUT2D eigenvalue weighted by atomic mass is 35.5. The fourth-order valence-electron chi connectivity index (χ4n) is 2.19. The summed E-state index contributed by atoms with van der Waals surface area (Å²) in [5, 5.41) is 16.1. The minimum Gasteiger partial charge on any atom is -0.352 e. The molecule has 0 spiro atoms. The van der Waals surface area contributed by atoms with E-state index in [-0.39, 0.29) is 6.04 Å². The van der Waals surface area contributed by atoms with Crippen LogP contribution in [-0.2, 0) is 6.54 Å². The maximum atomic E-state index is 8.81. The molecule has 0 heterocycles. The monoisotopic (exact) mass is 326 g/mol. The van der Waals surface area contributed by atoms with E-state index < -0.39 is 0 Å². The van der Waals surface area contributed by atoms with Gasteiger partial charge in [-0.2, -0.15) is 5.26 Å². The predicted octanol–water partition coefficient (Wildman–Crippen LogP) is 3.64. The Morgan fingerprint density at radius 2 is 1.91 bits per heavy atom. The minimum absolute atomic E-state index is 0.0378. The fourth-order valence-corrected chi connectivity index (χ4v) is 2.49. The summed E-state index contributed by atoms with van der Waals surface area (Å²) in [7, 11) is 1.73. The number of aliphatic imine (C=N–C) groups is 1. The fraction of sp³-hybridized carbons (Fsp3) is 0.222. The van der Waals surface area contributed by atoms with Crippen LogP contribution < -0.4 is 10.6 Å². The van der Waals surface area contributed by atoms with Crippen molar-refractivity contribution >= 4 is 17.6 Å². The lowest BCUT2D eigenvalue weighted by Crippen LogP contribution is -2.38. The SMILES string of the molecule is CN=C(NCc1ccc(C#N)cc1)NC(C)c1ccccc1Cl.